The zero-order valence-corrected chi connectivity index (χ0v) is 13.3. The summed E-state index contributed by atoms with van der Waals surface area (Å²) in [6.45, 7) is 1.96. The Labute approximate surface area is 137 Å². The van der Waals surface area contributed by atoms with Crippen LogP contribution in [0.4, 0.5) is 0 Å². The van der Waals surface area contributed by atoms with Crippen molar-refractivity contribution < 1.29 is 4.79 Å². The van der Waals surface area contributed by atoms with Crippen molar-refractivity contribution in [3.8, 4) is 0 Å². The van der Waals surface area contributed by atoms with Crippen molar-refractivity contribution >= 4 is 28.0 Å². The van der Waals surface area contributed by atoms with E-state index in [1.54, 1.807) is 24.0 Å². The van der Waals surface area contributed by atoms with E-state index in [-0.39, 0.29) is 11.9 Å². The van der Waals surface area contributed by atoms with Crippen molar-refractivity contribution in [2.45, 2.75) is 13.0 Å². The molecule has 7 nitrogen and oxygen atoms in total. The van der Waals surface area contributed by atoms with E-state index in [0.29, 0.717) is 16.7 Å². The van der Waals surface area contributed by atoms with Gasteiger partial charge in [0.1, 0.15) is 5.52 Å². The molecular formula is C17H16N6O. The van der Waals surface area contributed by atoms with Gasteiger partial charge >= 0.3 is 0 Å². The summed E-state index contributed by atoms with van der Waals surface area (Å²) < 4.78 is 1.57. The molecule has 7 heteroatoms. The Morgan fingerprint density at radius 3 is 3.08 bits per heavy atom. The molecule has 1 amide bonds. The molecule has 1 unspecified atom stereocenters. The molecule has 4 rings (SSSR count). The summed E-state index contributed by atoms with van der Waals surface area (Å²) in [4.78, 5) is 20.0. The Morgan fingerprint density at radius 1 is 1.33 bits per heavy atom. The van der Waals surface area contributed by atoms with E-state index >= 15 is 0 Å². The van der Waals surface area contributed by atoms with Crippen molar-refractivity contribution in [2.75, 3.05) is 0 Å². The number of amides is 1. The predicted molar refractivity (Wildman–Crippen MR) is 90.5 cm³/mol. The fourth-order valence-corrected chi connectivity index (χ4v) is 2.88. The highest BCUT2D eigenvalue weighted by Gasteiger charge is 2.15. The maximum absolute atomic E-state index is 12.5. The van der Waals surface area contributed by atoms with E-state index < -0.39 is 0 Å². The van der Waals surface area contributed by atoms with E-state index in [9.17, 15) is 4.79 Å². The Balaban J connectivity index is 1.61. The van der Waals surface area contributed by atoms with Crippen molar-refractivity contribution in [3.63, 3.8) is 0 Å². The van der Waals surface area contributed by atoms with Crippen LogP contribution in [0.2, 0.25) is 0 Å². The van der Waals surface area contributed by atoms with Gasteiger partial charge in [0.25, 0.3) is 5.91 Å². The van der Waals surface area contributed by atoms with Crippen LogP contribution < -0.4 is 5.32 Å². The quantitative estimate of drug-likeness (QED) is 0.606. The fourth-order valence-electron chi connectivity index (χ4n) is 2.88. The molecule has 3 heterocycles. The summed E-state index contributed by atoms with van der Waals surface area (Å²) in [5.74, 6) is -0.189. The van der Waals surface area contributed by atoms with Crippen LogP contribution in [0.1, 0.15) is 28.9 Å². The smallest absolute Gasteiger partial charge is 0.253 e. The average molecular weight is 320 g/mol. The highest BCUT2D eigenvalue weighted by atomic mass is 16.1. The fraction of sp³-hybridized carbons (Fsp3) is 0.176. The average Bonchev–Trinajstić information content (AvgIpc) is 3.21. The van der Waals surface area contributed by atoms with Crippen LogP contribution in [-0.4, -0.2) is 30.9 Å². The van der Waals surface area contributed by atoms with Crippen molar-refractivity contribution in [3.05, 3.63) is 53.9 Å². The molecule has 24 heavy (non-hydrogen) atoms. The first-order valence-corrected chi connectivity index (χ1v) is 7.66. The topological polar surface area (TPSA) is 88.5 Å². The van der Waals surface area contributed by atoms with Gasteiger partial charge in [0.15, 0.2) is 5.65 Å². The van der Waals surface area contributed by atoms with E-state index in [0.717, 1.165) is 16.5 Å². The van der Waals surface area contributed by atoms with Crippen LogP contribution in [0.3, 0.4) is 0 Å². The number of aromatic nitrogens is 5. The molecule has 0 aliphatic rings. The van der Waals surface area contributed by atoms with Gasteiger partial charge in [-0.05, 0) is 30.0 Å². The largest absolute Gasteiger partial charge is 0.361 e. The van der Waals surface area contributed by atoms with Gasteiger partial charge < -0.3 is 10.3 Å². The van der Waals surface area contributed by atoms with Crippen LogP contribution in [0, 0.1) is 0 Å². The van der Waals surface area contributed by atoms with E-state index in [4.69, 9.17) is 0 Å². The van der Waals surface area contributed by atoms with E-state index in [1.165, 1.54) is 0 Å². The minimum absolute atomic E-state index is 0.141. The first-order chi connectivity index (χ1) is 11.6. The number of para-hydroxylation sites is 1. The molecule has 0 bridgehead atoms. The third-order valence-corrected chi connectivity index (χ3v) is 4.14. The van der Waals surface area contributed by atoms with Gasteiger partial charge in [-0.2, -0.15) is 0 Å². The Bertz CT molecular complexity index is 1050. The van der Waals surface area contributed by atoms with Crippen LogP contribution in [0.15, 0.2) is 42.7 Å². The van der Waals surface area contributed by atoms with Gasteiger partial charge in [-0.1, -0.05) is 23.4 Å². The molecule has 0 saturated carbocycles. The third kappa shape index (κ3) is 2.30. The summed E-state index contributed by atoms with van der Waals surface area (Å²) in [6.07, 6.45) is 3.44. The molecular weight excluding hydrogens is 304 g/mol. The SMILES string of the molecule is CC(NC(=O)c1cnc2c(c1)nnn2C)c1cccc2cc[nH]c12. The monoisotopic (exact) mass is 320 g/mol. The van der Waals surface area contributed by atoms with Crippen LogP contribution in [0.25, 0.3) is 22.1 Å². The Kier molecular flexibility index (Phi) is 3.26. The summed E-state index contributed by atoms with van der Waals surface area (Å²) in [7, 11) is 1.77. The molecule has 0 fully saturated rings. The molecule has 2 N–H and O–H groups in total. The van der Waals surface area contributed by atoms with Gasteiger partial charge in [-0.25, -0.2) is 9.67 Å². The molecule has 3 aromatic heterocycles. The minimum atomic E-state index is -0.189. The second kappa shape index (κ2) is 5.45. The van der Waals surface area contributed by atoms with Gasteiger partial charge in [-0.3, -0.25) is 4.79 Å². The first kappa shape index (κ1) is 14.4. The standard InChI is InChI=1S/C17H16N6O/c1-10(13-5-3-4-11-6-7-18-15(11)13)20-17(24)12-8-14-16(19-9-12)23(2)22-21-14/h3-10,18H,1-2H3,(H,20,24). The van der Waals surface area contributed by atoms with Crippen LogP contribution >= 0.6 is 0 Å². The first-order valence-electron chi connectivity index (χ1n) is 7.66. The highest BCUT2D eigenvalue weighted by molar-refractivity contribution is 5.96. The maximum Gasteiger partial charge on any atom is 0.253 e. The molecule has 1 atom stereocenters. The van der Waals surface area contributed by atoms with Crippen molar-refractivity contribution in [2.24, 2.45) is 7.05 Å². The molecule has 120 valence electrons. The molecule has 0 aliphatic carbocycles. The lowest BCUT2D eigenvalue weighted by molar-refractivity contribution is 0.0940. The number of hydrogen-bond acceptors (Lipinski definition) is 4. The molecule has 0 saturated heterocycles. The number of pyridine rings is 1. The Hall–Kier alpha value is -3.22. The van der Waals surface area contributed by atoms with Crippen molar-refractivity contribution in [1.82, 2.24) is 30.3 Å². The van der Waals surface area contributed by atoms with E-state index in [2.05, 4.69) is 25.6 Å². The van der Waals surface area contributed by atoms with Gasteiger partial charge in [-0.15, -0.1) is 5.10 Å². The van der Waals surface area contributed by atoms with E-state index in [1.807, 2.05) is 37.4 Å². The summed E-state index contributed by atoms with van der Waals surface area (Å²) in [6, 6.07) is 9.61. The molecule has 0 spiro atoms. The lowest BCUT2D eigenvalue weighted by atomic mass is 10.0. The highest BCUT2D eigenvalue weighted by Crippen LogP contribution is 2.23. The zero-order valence-electron chi connectivity index (χ0n) is 13.3. The second-order valence-electron chi connectivity index (χ2n) is 5.76. The Morgan fingerprint density at radius 2 is 2.21 bits per heavy atom. The van der Waals surface area contributed by atoms with Crippen molar-refractivity contribution in [1.29, 1.82) is 0 Å². The number of nitrogens with zero attached hydrogens (tertiary/aromatic N) is 4. The number of hydrogen-bond donors (Lipinski definition) is 2. The molecule has 0 radical (unpaired) electrons. The molecule has 1 aromatic carbocycles. The third-order valence-electron chi connectivity index (χ3n) is 4.14. The van der Waals surface area contributed by atoms with Gasteiger partial charge in [0.05, 0.1) is 17.1 Å². The van der Waals surface area contributed by atoms with Crippen LogP contribution in [0.5, 0.6) is 0 Å². The molecule has 0 aliphatic heterocycles. The minimum Gasteiger partial charge on any atom is -0.361 e. The van der Waals surface area contributed by atoms with Gasteiger partial charge in [0, 0.05) is 19.4 Å². The molecule has 4 aromatic rings. The summed E-state index contributed by atoms with van der Waals surface area (Å²) >= 11 is 0. The normalized spacial score (nSPS) is 12.6. The van der Waals surface area contributed by atoms with Gasteiger partial charge in [0.2, 0.25) is 0 Å². The lowest BCUT2D eigenvalue weighted by Crippen LogP contribution is -2.27. The second-order valence-corrected chi connectivity index (χ2v) is 5.76. The zero-order chi connectivity index (χ0) is 16.7. The predicted octanol–water partition coefficient (Wildman–Crippen LogP) is 2.34. The summed E-state index contributed by atoms with van der Waals surface area (Å²) in [5, 5.41) is 12.0. The number of nitrogens with one attached hydrogen (secondary N) is 2. The number of rotatable bonds is 3. The summed E-state index contributed by atoms with van der Waals surface area (Å²) in [5.41, 5.74) is 3.79. The maximum atomic E-state index is 12.5. The number of fused-ring (bicyclic) bond motifs is 2. The number of aromatic amines is 1. The number of benzene rings is 1. The number of carbonyl (C=O) groups is 1. The number of aryl methyl sites for hydroxylation is 1. The van der Waals surface area contributed by atoms with Crippen LogP contribution in [-0.2, 0) is 7.05 Å². The number of carbonyl (C=O) groups excluding carboxylic acids is 1. The number of H-pyrrole nitrogens is 1. The lowest BCUT2D eigenvalue weighted by Gasteiger charge is -2.15.